The molecule has 0 unspecified atom stereocenters. The average molecular weight is 274 g/mol. The lowest BCUT2D eigenvalue weighted by Crippen LogP contribution is -2.24. The number of phenolic OH excluding ortho intramolecular Hbond substituents is 2. The molecule has 0 heterocycles. The van der Waals surface area contributed by atoms with Gasteiger partial charge < -0.3 is 15.9 Å². The highest BCUT2D eigenvalue weighted by Crippen LogP contribution is 2.34. The third kappa shape index (κ3) is 2.84. The van der Waals surface area contributed by atoms with Crippen LogP contribution >= 0.6 is 15.9 Å². The molecule has 0 spiro atoms. The molecule has 1 rings (SSSR count). The standard InChI is InChI=1S/C8H8BrN3O3/c9-5-2-1-4(6(13)7(5)14)3-11-12-8(10)15/h1-3,13-14H,(H3,10,12,15). The Bertz CT molecular complexity index is 420. The monoisotopic (exact) mass is 273 g/mol. The lowest BCUT2D eigenvalue weighted by Gasteiger charge is -2.02. The maximum Gasteiger partial charge on any atom is 0.332 e. The van der Waals surface area contributed by atoms with E-state index in [1.165, 1.54) is 12.1 Å². The molecule has 6 nitrogen and oxygen atoms in total. The predicted molar refractivity (Wildman–Crippen MR) is 57.8 cm³/mol. The van der Waals surface area contributed by atoms with Crippen molar-refractivity contribution in [2.24, 2.45) is 10.8 Å². The van der Waals surface area contributed by atoms with Crippen molar-refractivity contribution < 1.29 is 15.0 Å². The van der Waals surface area contributed by atoms with Crippen LogP contribution in [0.4, 0.5) is 4.79 Å². The summed E-state index contributed by atoms with van der Waals surface area (Å²) in [5.74, 6) is -0.627. The van der Waals surface area contributed by atoms with Gasteiger partial charge in [0.05, 0.1) is 10.7 Å². The Morgan fingerprint density at radius 3 is 2.73 bits per heavy atom. The van der Waals surface area contributed by atoms with Gasteiger partial charge in [-0.05, 0) is 28.1 Å². The number of rotatable bonds is 2. The Hall–Kier alpha value is -1.76. The first kappa shape index (κ1) is 11.3. The van der Waals surface area contributed by atoms with Gasteiger partial charge in [0.25, 0.3) is 0 Å². The molecule has 0 aliphatic carbocycles. The van der Waals surface area contributed by atoms with Gasteiger partial charge in [0.15, 0.2) is 11.5 Å². The summed E-state index contributed by atoms with van der Waals surface area (Å²) >= 11 is 3.03. The number of hydrogen-bond donors (Lipinski definition) is 4. The van der Waals surface area contributed by atoms with E-state index in [9.17, 15) is 15.0 Å². The zero-order valence-electron chi connectivity index (χ0n) is 7.44. The molecule has 7 heteroatoms. The third-order valence-corrected chi connectivity index (χ3v) is 2.15. The Labute approximate surface area is 93.5 Å². The van der Waals surface area contributed by atoms with E-state index < -0.39 is 6.03 Å². The quantitative estimate of drug-likeness (QED) is 0.365. The Kier molecular flexibility index (Phi) is 3.51. The summed E-state index contributed by atoms with van der Waals surface area (Å²) in [6.07, 6.45) is 1.16. The molecule has 0 saturated carbocycles. The van der Waals surface area contributed by atoms with Crippen molar-refractivity contribution in [2.75, 3.05) is 0 Å². The van der Waals surface area contributed by atoms with Gasteiger partial charge in [-0.1, -0.05) is 0 Å². The summed E-state index contributed by atoms with van der Waals surface area (Å²) in [6, 6.07) is 2.22. The number of hydrogen-bond acceptors (Lipinski definition) is 4. The summed E-state index contributed by atoms with van der Waals surface area (Å²) in [4.78, 5) is 10.3. The Morgan fingerprint density at radius 1 is 1.47 bits per heavy atom. The number of aromatic hydroxyl groups is 2. The normalized spacial score (nSPS) is 10.5. The van der Waals surface area contributed by atoms with Crippen molar-refractivity contribution >= 4 is 28.2 Å². The molecular weight excluding hydrogens is 266 g/mol. The highest BCUT2D eigenvalue weighted by molar-refractivity contribution is 9.10. The lowest BCUT2D eigenvalue weighted by molar-refractivity contribution is 0.249. The minimum absolute atomic E-state index is 0.254. The molecule has 0 aliphatic heterocycles. The van der Waals surface area contributed by atoms with E-state index in [0.29, 0.717) is 4.47 Å². The van der Waals surface area contributed by atoms with Crippen LogP contribution in [0.1, 0.15) is 5.56 Å². The maximum absolute atomic E-state index is 10.3. The van der Waals surface area contributed by atoms with Crippen LogP contribution in [0.5, 0.6) is 11.5 Å². The molecular formula is C8H8BrN3O3. The first-order valence-electron chi connectivity index (χ1n) is 3.81. The second kappa shape index (κ2) is 4.65. The summed E-state index contributed by atoms with van der Waals surface area (Å²) in [6.45, 7) is 0. The number of nitrogens with two attached hydrogens (primary N) is 1. The Balaban J connectivity index is 2.92. The summed E-state index contributed by atoms with van der Waals surface area (Å²) in [5.41, 5.74) is 6.98. The van der Waals surface area contributed by atoms with E-state index in [2.05, 4.69) is 21.0 Å². The van der Waals surface area contributed by atoms with Crippen LogP contribution in [0.25, 0.3) is 0 Å². The average Bonchev–Trinajstić information content (AvgIpc) is 2.18. The van der Waals surface area contributed by atoms with Gasteiger partial charge in [-0.25, -0.2) is 10.2 Å². The summed E-state index contributed by atoms with van der Waals surface area (Å²) in [7, 11) is 0. The molecule has 1 aromatic carbocycles. The molecule has 0 fully saturated rings. The molecule has 0 bridgehead atoms. The largest absolute Gasteiger partial charge is 0.504 e. The number of benzene rings is 1. The molecule has 15 heavy (non-hydrogen) atoms. The number of primary amides is 1. The smallest absolute Gasteiger partial charge is 0.332 e. The first-order valence-corrected chi connectivity index (χ1v) is 4.60. The topological polar surface area (TPSA) is 108 Å². The van der Waals surface area contributed by atoms with E-state index in [1.807, 2.05) is 5.43 Å². The number of nitrogens with zero attached hydrogens (tertiary/aromatic N) is 1. The van der Waals surface area contributed by atoms with E-state index in [0.717, 1.165) is 6.21 Å². The van der Waals surface area contributed by atoms with Crippen LogP contribution in [0.2, 0.25) is 0 Å². The number of amides is 2. The zero-order valence-corrected chi connectivity index (χ0v) is 9.02. The number of halogens is 1. The number of urea groups is 1. The predicted octanol–water partition coefficient (Wildman–Crippen LogP) is 0.862. The molecule has 0 saturated heterocycles. The van der Waals surface area contributed by atoms with Crippen molar-refractivity contribution in [3.63, 3.8) is 0 Å². The molecule has 0 aliphatic rings. The fraction of sp³-hybridized carbons (Fsp3) is 0. The highest BCUT2D eigenvalue weighted by atomic mass is 79.9. The molecule has 1 aromatic rings. The van der Waals surface area contributed by atoms with Gasteiger partial charge in [-0.15, -0.1) is 0 Å². The second-order valence-electron chi connectivity index (χ2n) is 2.57. The van der Waals surface area contributed by atoms with Crippen LogP contribution in [-0.4, -0.2) is 22.5 Å². The number of carbonyl (C=O) groups excluding carboxylic acids is 1. The van der Waals surface area contributed by atoms with E-state index in [1.54, 1.807) is 0 Å². The number of hydrazone groups is 1. The molecule has 0 atom stereocenters. The van der Waals surface area contributed by atoms with Gasteiger partial charge in [-0.3, -0.25) is 0 Å². The number of nitrogens with one attached hydrogen (secondary N) is 1. The van der Waals surface area contributed by atoms with Gasteiger partial charge in [0.1, 0.15) is 0 Å². The van der Waals surface area contributed by atoms with Gasteiger partial charge >= 0.3 is 6.03 Å². The van der Waals surface area contributed by atoms with Crippen LogP contribution in [0.3, 0.4) is 0 Å². The van der Waals surface area contributed by atoms with Crippen molar-refractivity contribution in [2.45, 2.75) is 0 Å². The SMILES string of the molecule is NC(=O)NN=Cc1ccc(Br)c(O)c1O. The van der Waals surface area contributed by atoms with Crippen LogP contribution in [0, 0.1) is 0 Å². The van der Waals surface area contributed by atoms with Crippen molar-refractivity contribution in [3.8, 4) is 11.5 Å². The Morgan fingerprint density at radius 2 is 2.13 bits per heavy atom. The van der Waals surface area contributed by atoms with E-state index >= 15 is 0 Å². The van der Waals surface area contributed by atoms with Crippen LogP contribution in [0.15, 0.2) is 21.7 Å². The van der Waals surface area contributed by atoms with Crippen LogP contribution in [-0.2, 0) is 0 Å². The molecule has 0 radical (unpaired) electrons. The molecule has 2 amide bonds. The van der Waals surface area contributed by atoms with E-state index in [-0.39, 0.29) is 17.1 Å². The molecule has 5 N–H and O–H groups in total. The van der Waals surface area contributed by atoms with Crippen molar-refractivity contribution in [1.82, 2.24) is 5.43 Å². The van der Waals surface area contributed by atoms with Crippen molar-refractivity contribution in [3.05, 3.63) is 22.2 Å². The van der Waals surface area contributed by atoms with Gasteiger partial charge in [0, 0.05) is 5.56 Å². The van der Waals surface area contributed by atoms with E-state index in [4.69, 9.17) is 5.73 Å². The minimum Gasteiger partial charge on any atom is -0.504 e. The van der Waals surface area contributed by atoms with Gasteiger partial charge in [-0.2, -0.15) is 5.10 Å². The van der Waals surface area contributed by atoms with Gasteiger partial charge in [0.2, 0.25) is 0 Å². The van der Waals surface area contributed by atoms with Crippen molar-refractivity contribution in [1.29, 1.82) is 0 Å². The number of carbonyl (C=O) groups is 1. The minimum atomic E-state index is -0.813. The number of phenols is 2. The third-order valence-electron chi connectivity index (χ3n) is 1.51. The lowest BCUT2D eigenvalue weighted by atomic mass is 10.2. The first-order chi connectivity index (χ1) is 7.02. The summed E-state index contributed by atoms with van der Waals surface area (Å²) < 4.78 is 0.361. The fourth-order valence-corrected chi connectivity index (χ4v) is 1.16. The zero-order chi connectivity index (χ0) is 11.4. The van der Waals surface area contributed by atoms with Crippen LogP contribution < -0.4 is 11.2 Å². The fourth-order valence-electron chi connectivity index (χ4n) is 0.840. The highest BCUT2D eigenvalue weighted by Gasteiger charge is 2.07. The summed E-state index contributed by atoms with van der Waals surface area (Å²) in [5, 5.41) is 22.2. The molecule has 80 valence electrons. The molecule has 0 aromatic heterocycles. The maximum atomic E-state index is 10.3. The second-order valence-corrected chi connectivity index (χ2v) is 3.42.